The highest BCUT2D eigenvalue weighted by Crippen LogP contribution is 2.41. The summed E-state index contributed by atoms with van der Waals surface area (Å²) >= 11 is 0. The van der Waals surface area contributed by atoms with Gasteiger partial charge in [-0.1, -0.05) is 111 Å². The number of fused-ring (bicyclic) bond motifs is 1. The fourth-order valence-corrected chi connectivity index (χ4v) is 7.44. The first-order chi connectivity index (χ1) is 24.0. The van der Waals surface area contributed by atoms with Crippen LogP contribution in [0.25, 0.3) is 77.0 Å². The van der Waals surface area contributed by atoms with E-state index in [4.69, 9.17) is 14.7 Å². The molecule has 8 rings (SSSR count). The zero-order valence-corrected chi connectivity index (χ0v) is 28.3. The highest BCUT2D eigenvalue weighted by Gasteiger charge is 2.24. The van der Waals surface area contributed by atoms with Crippen LogP contribution in [0.5, 0.6) is 0 Å². The van der Waals surface area contributed by atoms with Crippen LogP contribution in [0.2, 0.25) is 0 Å². The fourth-order valence-electron chi connectivity index (χ4n) is 7.44. The van der Waals surface area contributed by atoms with Gasteiger partial charge in [0.05, 0.1) is 19.4 Å². The van der Waals surface area contributed by atoms with Crippen LogP contribution in [-0.2, 0) is 9.53 Å². The second-order valence-corrected chi connectivity index (χ2v) is 13.2. The minimum Gasteiger partial charge on any atom is -0.469 e. The van der Waals surface area contributed by atoms with Crippen molar-refractivity contribution in [2.45, 2.75) is 52.0 Å². The van der Waals surface area contributed by atoms with Gasteiger partial charge in [-0.05, 0) is 86.5 Å². The van der Waals surface area contributed by atoms with Crippen LogP contribution in [0.3, 0.4) is 0 Å². The quantitative estimate of drug-likeness (QED) is 0.116. The molecule has 0 fully saturated rings. The summed E-state index contributed by atoms with van der Waals surface area (Å²) in [6.45, 7) is 6.37. The van der Waals surface area contributed by atoms with E-state index in [9.17, 15) is 4.79 Å². The normalized spacial score (nSPS) is 12.5. The van der Waals surface area contributed by atoms with Crippen LogP contribution in [0.1, 0.15) is 57.6 Å². The van der Waals surface area contributed by atoms with E-state index in [0.717, 1.165) is 63.9 Å². The van der Waals surface area contributed by atoms with Crippen LogP contribution < -0.4 is 0 Å². The minimum atomic E-state index is -0.361. The van der Waals surface area contributed by atoms with Crippen LogP contribution >= 0.6 is 0 Å². The van der Waals surface area contributed by atoms with Gasteiger partial charge in [0, 0.05) is 11.6 Å². The van der Waals surface area contributed by atoms with Gasteiger partial charge < -0.3 is 9.30 Å². The molecule has 242 valence electrons. The molecule has 0 aliphatic carbocycles. The number of carbonyl (C=O) groups excluding carboxylic acids is 1. The fraction of sp³-hybridized carbons (Fsp3) is 0.209. The van der Waals surface area contributed by atoms with Crippen molar-refractivity contribution in [3.05, 3.63) is 115 Å². The first-order valence-electron chi connectivity index (χ1n) is 17.1. The lowest BCUT2D eigenvalue weighted by atomic mass is 9.87. The molecule has 0 saturated heterocycles. The predicted octanol–water partition coefficient (Wildman–Crippen LogP) is 10.8. The predicted molar refractivity (Wildman–Crippen MR) is 200 cm³/mol. The Bertz CT molecular complexity index is 2460. The summed E-state index contributed by atoms with van der Waals surface area (Å²) in [6.07, 6.45) is 6.09. The maximum absolute atomic E-state index is 13.0. The number of methoxy groups -OCH3 is 1. The molecule has 2 heterocycles. The third kappa shape index (κ3) is 5.19. The van der Waals surface area contributed by atoms with Crippen molar-refractivity contribution >= 4 is 49.5 Å². The minimum absolute atomic E-state index is 0.198. The molecule has 0 radical (unpaired) electrons. The highest BCUT2D eigenvalue weighted by molar-refractivity contribution is 6.25. The number of nitrogens with zero attached hydrogens (tertiary/aromatic N) is 4. The summed E-state index contributed by atoms with van der Waals surface area (Å²) in [4.78, 5) is 27.2. The molecule has 0 aliphatic rings. The Hall–Kier alpha value is -5.62. The molecule has 0 saturated carbocycles. The zero-order chi connectivity index (χ0) is 33.6. The standard InChI is InChI=1S/C43H38N4O2/c1-5-6-10-35(43(48)49-4)32-19-21-34(37(23-32)40-41-42(45-24-44-40)47(25-46-41)26(2)3)28-13-11-27(12-14-28)33-20-17-31-16-15-29-8-7-9-30-18-22-36(33)39(31)38(29)30/h7-9,11-26,35H,5-6,10H2,1-4H3/t35-/m0/s1. The largest absolute Gasteiger partial charge is 0.469 e. The molecule has 8 aromatic rings. The maximum Gasteiger partial charge on any atom is 0.313 e. The third-order valence-electron chi connectivity index (χ3n) is 9.98. The number of ether oxygens (including phenoxy) is 1. The molecule has 6 aromatic carbocycles. The number of aromatic nitrogens is 4. The Morgan fingerprint density at radius 1 is 0.755 bits per heavy atom. The number of carbonyl (C=O) groups is 1. The number of hydrogen-bond acceptors (Lipinski definition) is 5. The van der Waals surface area contributed by atoms with Gasteiger partial charge in [-0.2, -0.15) is 0 Å². The molecule has 49 heavy (non-hydrogen) atoms. The van der Waals surface area contributed by atoms with Gasteiger partial charge in [-0.15, -0.1) is 0 Å². The number of rotatable bonds is 9. The van der Waals surface area contributed by atoms with Crippen molar-refractivity contribution < 1.29 is 9.53 Å². The molecular formula is C43H38N4O2. The number of hydrogen-bond donors (Lipinski definition) is 0. The van der Waals surface area contributed by atoms with Gasteiger partial charge in [0.1, 0.15) is 17.5 Å². The van der Waals surface area contributed by atoms with E-state index in [1.165, 1.54) is 45.0 Å². The molecule has 0 bridgehead atoms. The monoisotopic (exact) mass is 642 g/mol. The van der Waals surface area contributed by atoms with Gasteiger partial charge >= 0.3 is 5.97 Å². The molecule has 2 aromatic heterocycles. The summed E-state index contributed by atoms with van der Waals surface area (Å²) in [5, 5.41) is 7.67. The van der Waals surface area contributed by atoms with E-state index in [1.54, 1.807) is 6.33 Å². The summed E-state index contributed by atoms with van der Waals surface area (Å²) in [6, 6.07) is 35.2. The summed E-state index contributed by atoms with van der Waals surface area (Å²) in [7, 11) is 1.46. The number of esters is 1. The average Bonchev–Trinajstić information content (AvgIpc) is 3.59. The summed E-state index contributed by atoms with van der Waals surface area (Å²) < 4.78 is 7.33. The van der Waals surface area contributed by atoms with E-state index in [-0.39, 0.29) is 17.9 Å². The van der Waals surface area contributed by atoms with Crippen molar-refractivity contribution in [3.63, 3.8) is 0 Å². The number of benzene rings is 6. The first-order valence-corrected chi connectivity index (χ1v) is 17.1. The highest BCUT2D eigenvalue weighted by atomic mass is 16.5. The van der Waals surface area contributed by atoms with Crippen molar-refractivity contribution in [2.75, 3.05) is 7.11 Å². The molecule has 6 nitrogen and oxygen atoms in total. The van der Waals surface area contributed by atoms with Crippen molar-refractivity contribution in [3.8, 4) is 33.5 Å². The van der Waals surface area contributed by atoms with Crippen LogP contribution in [0.15, 0.2) is 110 Å². The Balaban J connectivity index is 1.27. The zero-order valence-electron chi connectivity index (χ0n) is 28.3. The van der Waals surface area contributed by atoms with Gasteiger partial charge in [0.2, 0.25) is 0 Å². The molecule has 6 heteroatoms. The number of unbranched alkanes of at least 4 members (excludes halogenated alkanes) is 1. The van der Waals surface area contributed by atoms with E-state index < -0.39 is 0 Å². The molecule has 0 N–H and O–H groups in total. The van der Waals surface area contributed by atoms with Gasteiger partial charge in [-0.3, -0.25) is 4.79 Å². The third-order valence-corrected chi connectivity index (χ3v) is 9.98. The average molecular weight is 643 g/mol. The van der Waals surface area contributed by atoms with E-state index in [0.29, 0.717) is 0 Å². The lowest BCUT2D eigenvalue weighted by Crippen LogP contribution is -2.14. The smallest absolute Gasteiger partial charge is 0.313 e. The number of imidazole rings is 1. The van der Waals surface area contributed by atoms with E-state index in [1.807, 2.05) is 6.33 Å². The first kappa shape index (κ1) is 30.7. The molecule has 0 aliphatic heterocycles. The molecule has 0 amide bonds. The van der Waals surface area contributed by atoms with Crippen molar-refractivity contribution in [1.29, 1.82) is 0 Å². The lowest BCUT2D eigenvalue weighted by Gasteiger charge is -2.18. The van der Waals surface area contributed by atoms with Gasteiger partial charge in [0.25, 0.3) is 0 Å². The summed E-state index contributed by atoms with van der Waals surface area (Å²) in [5.74, 6) is -0.582. The topological polar surface area (TPSA) is 69.9 Å². The van der Waals surface area contributed by atoms with Crippen LogP contribution in [0.4, 0.5) is 0 Å². The van der Waals surface area contributed by atoms with Gasteiger partial charge in [0.15, 0.2) is 5.65 Å². The van der Waals surface area contributed by atoms with Gasteiger partial charge in [-0.25, -0.2) is 15.0 Å². The second-order valence-electron chi connectivity index (χ2n) is 13.2. The Labute approximate surface area is 285 Å². The maximum atomic E-state index is 13.0. The van der Waals surface area contributed by atoms with E-state index >= 15 is 0 Å². The molecule has 0 unspecified atom stereocenters. The van der Waals surface area contributed by atoms with Crippen LogP contribution in [0, 0.1) is 0 Å². The lowest BCUT2D eigenvalue weighted by molar-refractivity contribution is -0.142. The Morgan fingerprint density at radius 2 is 1.43 bits per heavy atom. The molecule has 1 atom stereocenters. The van der Waals surface area contributed by atoms with Crippen LogP contribution in [-0.4, -0.2) is 32.6 Å². The van der Waals surface area contributed by atoms with E-state index in [2.05, 4.69) is 127 Å². The summed E-state index contributed by atoms with van der Waals surface area (Å²) in [5.41, 5.74) is 8.55. The molecule has 0 spiro atoms. The Morgan fingerprint density at radius 3 is 2.14 bits per heavy atom. The molecular weight excluding hydrogens is 604 g/mol. The van der Waals surface area contributed by atoms with Crippen molar-refractivity contribution in [2.24, 2.45) is 0 Å². The SMILES string of the molecule is CCCC[C@H](C(=O)OC)c1ccc(-c2ccc(-c3ccc4ccc5cccc6ccc3c4c56)cc2)c(-c2ncnc3c2ncn3C(C)C)c1. The second kappa shape index (κ2) is 12.4. The Kier molecular flexibility index (Phi) is 7.79. The van der Waals surface area contributed by atoms with Crippen molar-refractivity contribution in [1.82, 2.24) is 19.5 Å².